The first-order valence-electron chi connectivity index (χ1n) is 10.1. The predicted octanol–water partition coefficient (Wildman–Crippen LogP) is 4.68. The minimum atomic E-state index is -1.04. The Morgan fingerprint density at radius 1 is 1.23 bits per heavy atom. The quantitative estimate of drug-likeness (QED) is 0.596. The Hall–Kier alpha value is -2.25. The summed E-state index contributed by atoms with van der Waals surface area (Å²) in [5, 5.41) is 0.489. The van der Waals surface area contributed by atoms with E-state index < -0.39 is 17.7 Å². The van der Waals surface area contributed by atoms with Gasteiger partial charge >= 0.3 is 12.1 Å². The van der Waals surface area contributed by atoms with Gasteiger partial charge in [-0.25, -0.2) is 9.59 Å². The second-order valence-corrected chi connectivity index (χ2v) is 7.74. The summed E-state index contributed by atoms with van der Waals surface area (Å²) < 4.78 is 27.5. The van der Waals surface area contributed by atoms with Crippen LogP contribution >= 0.6 is 11.6 Å². The van der Waals surface area contributed by atoms with Crippen molar-refractivity contribution in [2.24, 2.45) is 0 Å². The van der Waals surface area contributed by atoms with Crippen LogP contribution < -0.4 is 4.74 Å². The van der Waals surface area contributed by atoms with Crippen LogP contribution in [-0.4, -0.2) is 44.7 Å². The molecular weight excluding hydrogens is 412 g/mol. The number of carbonyl (C=O) groups is 2. The van der Waals surface area contributed by atoms with Crippen molar-refractivity contribution in [3.8, 4) is 5.75 Å². The molecule has 1 aliphatic carbocycles. The summed E-state index contributed by atoms with van der Waals surface area (Å²) in [6, 6.07) is 3.40. The molecule has 0 radical (unpaired) electrons. The number of benzene rings is 1. The maximum atomic E-state index is 13.1. The van der Waals surface area contributed by atoms with E-state index in [4.69, 9.17) is 35.3 Å². The predicted molar refractivity (Wildman–Crippen MR) is 110 cm³/mol. The van der Waals surface area contributed by atoms with E-state index in [2.05, 4.69) is 0 Å². The number of hydrogen-bond donors (Lipinski definition) is 0. The van der Waals surface area contributed by atoms with Gasteiger partial charge in [-0.1, -0.05) is 18.5 Å². The fraction of sp³-hybridized carbons (Fsp3) is 0.545. The lowest BCUT2D eigenvalue weighted by Crippen LogP contribution is -2.40. The van der Waals surface area contributed by atoms with Crippen LogP contribution in [0.3, 0.4) is 0 Å². The highest BCUT2D eigenvalue weighted by molar-refractivity contribution is 6.31. The van der Waals surface area contributed by atoms with Gasteiger partial charge in [-0.3, -0.25) is 0 Å². The van der Waals surface area contributed by atoms with Crippen LogP contribution in [0.25, 0.3) is 5.57 Å². The molecule has 0 bridgehead atoms. The topological polar surface area (TPSA) is 80.3 Å². The molecule has 1 heterocycles. The fourth-order valence-corrected chi connectivity index (χ4v) is 4.40. The maximum absolute atomic E-state index is 13.1. The fourth-order valence-electron chi connectivity index (χ4n) is 4.17. The summed E-state index contributed by atoms with van der Waals surface area (Å²) >= 11 is 6.23. The smallest absolute Gasteiger partial charge is 0.496 e. The van der Waals surface area contributed by atoms with Crippen LogP contribution in [0, 0.1) is 0 Å². The second kappa shape index (κ2) is 9.27. The van der Waals surface area contributed by atoms with Crippen molar-refractivity contribution in [2.45, 2.75) is 57.7 Å². The molecule has 3 rings (SSSR count). The van der Waals surface area contributed by atoms with Gasteiger partial charge in [0, 0.05) is 17.7 Å². The largest absolute Gasteiger partial charge is 0.513 e. The Kier molecular flexibility index (Phi) is 6.93. The molecule has 164 valence electrons. The van der Waals surface area contributed by atoms with Crippen LogP contribution in [0.1, 0.15) is 50.7 Å². The van der Waals surface area contributed by atoms with Crippen molar-refractivity contribution < 1.29 is 33.3 Å². The number of carbonyl (C=O) groups excluding carboxylic acids is 2. The van der Waals surface area contributed by atoms with Gasteiger partial charge in [0.05, 0.1) is 19.8 Å². The van der Waals surface area contributed by atoms with Crippen molar-refractivity contribution in [3.63, 3.8) is 0 Å². The summed E-state index contributed by atoms with van der Waals surface area (Å²) in [7, 11) is 3.16. The SMILES string of the molecule is CCOC(=O)OC1=C(c2c(CC)cc(Cl)cc2OC)C(=O)OC12CCC(OC)CC2. The van der Waals surface area contributed by atoms with E-state index in [0.29, 0.717) is 48.4 Å². The van der Waals surface area contributed by atoms with E-state index in [-0.39, 0.29) is 24.0 Å². The Bertz CT molecular complexity index is 828. The third kappa shape index (κ3) is 4.14. The molecule has 8 heteroatoms. The summed E-state index contributed by atoms with van der Waals surface area (Å²) in [4.78, 5) is 25.4. The first kappa shape index (κ1) is 22.4. The number of hydrogen-bond acceptors (Lipinski definition) is 7. The Balaban J connectivity index is 2.18. The zero-order valence-corrected chi connectivity index (χ0v) is 18.5. The van der Waals surface area contributed by atoms with Crippen molar-refractivity contribution >= 4 is 29.3 Å². The average Bonchev–Trinajstić information content (AvgIpc) is 2.98. The zero-order valence-electron chi connectivity index (χ0n) is 17.7. The van der Waals surface area contributed by atoms with E-state index in [0.717, 1.165) is 5.56 Å². The molecule has 0 saturated heterocycles. The molecular formula is C22H27ClO7. The highest BCUT2D eigenvalue weighted by Crippen LogP contribution is 2.49. The van der Waals surface area contributed by atoms with E-state index >= 15 is 0 Å². The number of ether oxygens (including phenoxy) is 5. The molecule has 30 heavy (non-hydrogen) atoms. The molecule has 0 unspecified atom stereocenters. The standard InChI is InChI=1S/C22H27ClO7/c1-5-13-11-14(23)12-16(27-4)17(13)18-19(29-21(25)28-6-2)22(30-20(18)24)9-7-15(26-3)8-10-22/h11-12,15H,5-10H2,1-4H3. The minimum Gasteiger partial charge on any atom is -0.496 e. The molecule has 1 aromatic carbocycles. The van der Waals surface area contributed by atoms with Crippen molar-refractivity contribution in [1.82, 2.24) is 0 Å². The third-order valence-corrected chi connectivity index (χ3v) is 5.87. The third-order valence-electron chi connectivity index (χ3n) is 5.65. The summed E-state index contributed by atoms with van der Waals surface area (Å²) in [5.74, 6) is 0.0372. The van der Waals surface area contributed by atoms with Crippen LogP contribution in [0.4, 0.5) is 4.79 Å². The van der Waals surface area contributed by atoms with Crippen molar-refractivity contribution in [1.29, 1.82) is 0 Å². The van der Waals surface area contributed by atoms with Gasteiger partial charge in [-0.05, 0) is 56.7 Å². The molecule has 0 N–H and O–H groups in total. The zero-order chi connectivity index (χ0) is 21.9. The Morgan fingerprint density at radius 2 is 1.93 bits per heavy atom. The number of rotatable bonds is 6. The van der Waals surface area contributed by atoms with E-state index in [9.17, 15) is 9.59 Å². The Labute approximate surface area is 181 Å². The van der Waals surface area contributed by atoms with Gasteiger partial charge in [0.2, 0.25) is 0 Å². The molecule has 1 aliphatic heterocycles. The second-order valence-electron chi connectivity index (χ2n) is 7.30. The van der Waals surface area contributed by atoms with E-state index in [1.165, 1.54) is 7.11 Å². The summed E-state index contributed by atoms with van der Waals surface area (Å²) in [5.41, 5.74) is 0.465. The monoisotopic (exact) mass is 438 g/mol. The van der Waals surface area contributed by atoms with Gasteiger partial charge in [-0.2, -0.15) is 0 Å². The van der Waals surface area contributed by atoms with Crippen molar-refractivity contribution in [2.75, 3.05) is 20.8 Å². The highest BCUT2D eigenvalue weighted by atomic mass is 35.5. The molecule has 1 fully saturated rings. The molecule has 2 aliphatic rings. The lowest BCUT2D eigenvalue weighted by molar-refractivity contribution is -0.152. The van der Waals surface area contributed by atoms with Gasteiger partial charge in [0.1, 0.15) is 11.3 Å². The van der Waals surface area contributed by atoms with Crippen LogP contribution in [0.5, 0.6) is 5.75 Å². The van der Waals surface area contributed by atoms with Gasteiger partial charge < -0.3 is 23.7 Å². The lowest BCUT2D eigenvalue weighted by Gasteiger charge is -2.36. The molecule has 0 atom stereocenters. The average molecular weight is 439 g/mol. The number of esters is 1. The van der Waals surface area contributed by atoms with Gasteiger partial charge in [0.15, 0.2) is 11.4 Å². The number of halogens is 1. The molecule has 0 aromatic heterocycles. The van der Waals surface area contributed by atoms with E-state index in [1.54, 1.807) is 26.2 Å². The van der Waals surface area contributed by atoms with Crippen molar-refractivity contribution in [3.05, 3.63) is 34.0 Å². The first-order chi connectivity index (χ1) is 14.4. The summed E-state index contributed by atoms with van der Waals surface area (Å²) in [6.07, 6.45) is 2.09. The Morgan fingerprint density at radius 3 is 2.50 bits per heavy atom. The molecule has 1 spiro atoms. The first-order valence-corrected chi connectivity index (χ1v) is 10.5. The van der Waals surface area contributed by atoms with Gasteiger partial charge in [-0.15, -0.1) is 0 Å². The summed E-state index contributed by atoms with van der Waals surface area (Å²) in [6.45, 7) is 3.78. The molecule has 1 saturated carbocycles. The van der Waals surface area contributed by atoms with Gasteiger partial charge in [0.25, 0.3) is 0 Å². The highest BCUT2D eigenvalue weighted by Gasteiger charge is 2.53. The maximum Gasteiger partial charge on any atom is 0.513 e. The van der Waals surface area contributed by atoms with Crippen LogP contribution in [0.2, 0.25) is 5.02 Å². The normalized spacial score (nSPS) is 23.5. The van der Waals surface area contributed by atoms with Crippen LogP contribution in [-0.2, 0) is 30.2 Å². The molecule has 7 nitrogen and oxygen atoms in total. The van der Waals surface area contributed by atoms with E-state index in [1.807, 2.05) is 6.92 Å². The molecule has 1 aromatic rings. The number of aryl methyl sites for hydroxylation is 1. The molecule has 0 amide bonds. The minimum absolute atomic E-state index is 0.0680. The van der Waals surface area contributed by atoms with Crippen LogP contribution in [0.15, 0.2) is 17.9 Å². The number of methoxy groups -OCH3 is 2. The lowest BCUT2D eigenvalue weighted by atomic mass is 9.80.